The van der Waals surface area contributed by atoms with E-state index in [0.717, 1.165) is 24.1 Å². The SMILES string of the molecule is CC(C)(C)c1ccc2c(c1)C1OCCCC1C(c1cccc(F)c1F)N2. The lowest BCUT2D eigenvalue weighted by atomic mass is 9.75. The van der Waals surface area contributed by atoms with Gasteiger partial charge in [0.25, 0.3) is 0 Å². The van der Waals surface area contributed by atoms with Gasteiger partial charge in [0.15, 0.2) is 11.6 Å². The van der Waals surface area contributed by atoms with Crippen molar-refractivity contribution in [3.8, 4) is 0 Å². The summed E-state index contributed by atoms with van der Waals surface area (Å²) >= 11 is 0. The minimum Gasteiger partial charge on any atom is -0.377 e. The third-order valence-electron chi connectivity index (χ3n) is 5.65. The van der Waals surface area contributed by atoms with Gasteiger partial charge in [-0.15, -0.1) is 0 Å². The summed E-state index contributed by atoms with van der Waals surface area (Å²) in [4.78, 5) is 0. The topological polar surface area (TPSA) is 21.3 Å². The zero-order valence-corrected chi connectivity index (χ0v) is 15.5. The molecule has 0 saturated carbocycles. The maximum Gasteiger partial charge on any atom is 0.164 e. The molecular weight excluding hydrogens is 332 g/mol. The van der Waals surface area contributed by atoms with Gasteiger partial charge in [-0.3, -0.25) is 0 Å². The number of hydrogen-bond donors (Lipinski definition) is 1. The van der Waals surface area contributed by atoms with Crippen LogP contribution in [0.2, 0.25) is 0 Å². The van der Waals surface area contributed by atoms with E-state index in [4.69, 9.17) is 4.74 Å². The quantitative estimate of drug-likeness (QED) is 0.686. The number of ether oxygens (including phenoxy) is 1. The van der Waals surface area contributed by atoms with E-state index in [1.807, 2.05) is 6.07 Å². The average molecular weight is 357 g/mol. The van der Waals surface area contributed by atoms with Gasteiger partial charge in [-0.2, -0.15) is 0 Å². The zero-order chi connectivity index (χ0) is 18.5. The van der Waals surface area contributed by atoms with Crippen molar-refractivity contribution in [3.05, 3.63) is 64.7 Å². The Morgan fingerprint density at radius 1 is 1.08 bits per heavy atom. The molecule has 1 saturated heterocycles. The zero-order valence-electron chi connectivity index (χ0n) is 15.5. The van der Waals surface area contributed by atoms with Gasteiger partial charge in [0.05, 0.1) is 12.1 Å². The number of rotatable bonds is 1. The highest BCUT2D eigenvalue weighted by Crippen LogP contribution is 2.50. The summed E-state index contributed by atoms with van der Waals surface area (Å²) in [5, 5.41) is 3.47. The molecule has 2 aliphatic rings. The normalized spacial score (nSPS) is 25.2. The van der Waals surface area contributed by atoms with Gasteiger partial charge in [-0.1, -0.05) is 45.0 Å². The van der Waals surface area contributed by atoms with Crippen LogP contribution in [0.3, 0.4) is 0 Å². The van der Waals surface area contributed by atoms with Crippen LogP contribution in [0, 0.1) is 17.6 Å². The maximum atomic E-state index is 14.5. The van der Waals surface area contributed by atoms with Crippen LogP contribution in [-0.2, 0) is 10.2 Å². The first-order valence-electron chi connectivity index (χ1n) is 9.33. The first kappa shape index (κ1) is 17.5. The molecule has 0 aromatic heterocycles. The van der Waals surface area contributed by atoms with Gasteiger partial charge in [-0.05, 0) is 36.0 Å². The fourth-order valence-electron chi connectivity index (χ4n) is 4.21. The van der Waals surface area contributed by atoms with Crippen LogP contribution in [-0.4, -0.2) is 6.61 Å². The van der Waals surface area contributed by atoms with E-state index < -0.39 is 11.6 Å². The molecule has 26 heavy (non-hydrogen) atoms. The average Bonchev–Trinajstić information content (AvgIpc) is 2.62. The Bertz CT molecular complexity index is 827. The predicted molar refractivity (Wildman–Crippen MR) is 99.3 cm³/mol. The molecule has 0 amide bonds. The smallest absolute Gasteiger partial charge is 0.164 e. The highest BCUT2D eigenvalue weighted by Gasteiger charge is 2.41. The second-order valence-corrected chi connectivity index (χ2v) is 8.41. The van der Waals surface area contributed by atoms with Crippen molar-refractivity contribution >= 4 is 5.69 Å². The molecule has 1 fully saturated rings. The van der Waals surface area contributed by atoms with Gasteiger partial charge in [0, 0.05) is 29.3 Å². The van der Waals surface area contributed by atoms with Crippen molar-refractivity contribution in [1.82, 2.24) is 0 Å². The summed E-state index contributed by atoms with van der Waals surface area (Å²) in [6.07, 6.45) is 1.78. The van der Waals surface area contributed by atoms with Gasteiger partial charge in [0.2, 0.25) is 0 Å². The van der Waals surface area contributed by atoms with Crippen molar-refractivity contribution in [2.45, 2.75) is 51.2 Å². The summed E-state index contributed by atoms with van der Waals surface area (Å²) in [5.74, 6) is -1.47. The van der Waals surface area contributed by atoms with Gasteiger partial charge in [-0.25, -0.2) is 8.78 Å². The lowest BCUT2D eigenvalue weighted by Crippen LogP contribution is -2.36. The molecule has 0 aliphatic carbocycles. The molecule has 3 unspecified atom stereocenters. The molecule has 2 aromatic rings. The van der Waals surface area contributed by atoms with Crippen LogP contribution in [0.4, 0.5) is 14.5 Å². The van der Waals surface area contributed by atoms with Crippen molar-refractivity contribution in [3.63, 3.8) is 0 Å². The van der Waals surface area contributed by atoms with Crippen LogP contribution >= 0.6 is 0 Å². The Kier molecular flexibility index (Phi) is 4.26. The van der Waals surface area contributed by atoms with Gasteiger partial charge >= 0.3 is 0 Å². The molecule has 2 aromatic carbocycles. The van der Waals surface area contributed by atoms with Gasteiger partial charge in [0.1, 0.15) is 0 Å². The standard InChI is InChI=1S/C22H25F2NO/c1-22(2,3)13-9-10-18-16(12-13)21-15(7-5-11-26-21)20(25-18)14-6-4-8-17(23)19(14)24/h4,6,8-10,12,15,20-21,25H,5,7,11H2,1-3H3. The molecule has 3 atom stereocenters. The third-order valence-corrected chi connectivity index (χ3v) is 5.65. The first-order chi connectivity index (χ1) is 12.4. The minimum absolute atomic E-state index is 0.0463. The molecule has 0 radical (unpaired) electrons. The lowest BCUT2D eigenvalue weighted by Gasteiger charge is -2.44. The Balaban J connectivity index is 1.80. The molecule has 4 rings (SSSR count). The molecule has 2 nitrogen and oxygen atoms in total. The second-order valence-electron chi connectivity index (χ2n) is 8.41. The third kappa shape index (κ3) is 2.90. The summed E-state index contributed by atoms with van der Waals surface area (Å²) < 4.78 is 34.4. The molecule has 2 heterocycles. The van der Waals surface area contributed by atoms with Gasteiger partial charge < -0.3 is 10.1 Å². The Morgan fingerprint density at radius 3 is 2.65 bits per heavy atom. The van der Waals surface area contributed by atoms with Crippen LogP contribution in [0.25, 0.3) is 0 Å². The largest absolute Gasteiger partial charge is 0.377 e. The second kappa shape index (κ2) is 6.34. The van der Waals surface area contributed by atoms with E-state index in [-0.39, 0.29) is 23.5 Å². The molecule has 0 bridgehead atoms. The van der Waals surface area contributed by atoms with E-state index in [9.17, 15) is 8.78 Å². The van der Waals surface area contributed by atoms with Crippen molar-refractivity contribution in [1.29, 1.82) is 0 Å². The Hall–Kier alpha value is -1.94. The minimum atomic E-state index is -0.800. The maximum absolute atomic E-state index is 14.5. The highest BCUT2D eigenvalue weighted by atomic mass is 19.2. The van der Waals surface area contributed by atoms with Crippen LogP contribution < -0.4 is 5.32 Å². The Labute approximate surface area is 153 Å². The van der Waals surface area contributed by atoms with E-state index in [1.54, 1.807) is 12.1 Å². The van der Waals surface area contributed by atoms with E-state index in [0.29, 0.717) is 12.2 Å². The highest BCUT2D eigenvalue weighted by molar-refractivity contribution is 5.59. The summed E-state index contributed by atoms with van der Waals surface area (Å²) in [6.45, 7) is 7.28. The fraction of sp³-hybridized carbons (Fsp3) is 0.455. The molecular formula is C22H25F2NO. The van der Waals surface area contributed by atoms with E-state index in [2.05, 4.69) is 38.2 Å². The summed E-state index contributed by atoms with van der Waals surface area (Å²) in [6, 6.07) is 10.5. The summed E-state index contributed by atoms with van der Waals surface area (Å²) in [7, 11) is 0. The molecule has 4 heteroatoms. The number of fused-ring (bicyclic) bond motifs is 3. The molecule has 0 spiro atoms. The molecule has 1 N–H and O–H groups in total. The van der Waals surface area contributed by atoms with Crippen LogP contribution in [0.5, 0.6) is 0 Å². The number of halogens is 2. The van der Waals surface area contributed by atoms with Crippen LogP contribution in [0.15, 0.2) is 36.4 Å². The summed E-state index contributed by atoms with van der Waals surface area (Å²) in [5.41, 5.74) is 3.77. The van der Waals surface area contributed by atoms with Crippen LogP contribution in [0.1, 0.15) is 62.4 Å². The predicted octanol–water partition coefficient (Wildman–Crippen LogP) is 5.90. The first-order valence-corrected chi connectivity index (χ1v) is 9.33. The molecule has 2 aliphatic heterocycles. The number of benzene rings is 2. The Morgan fingerprint density at radius 2 is 1.88 bits per heavy atom. The van der Waals surface area contributed by atoms with Crippen molar-refractivity contribution in [2.75, 3.05) is 11.9 Å². The molecule has 138 valence electrons. The number of nitrogens with one attached hydrogen (secondary N) is 1. The lowest BCUT2D eigenvalue weighted by molar-refractivity contribution is -0.0385. The van der Waals surface area contributed by atoms with E-state index >= 15 is 0 Å². The van der Waals surface area contributed by atoms with Crippen molar-refractivity contribution in [2.24, 2.45) is 5.92 Å². The number of anilines is 1. The number of hydrogen-bond acceptors (Lipinski definition) is 2. The van der Waals surface area contributed by atoms with Crippen molar-refractivity contribution < 1.29 is 13.5 Å². The monoisotopic (exact) mass is 357 g/mol. The van der Waals surface area contributed by atoms with E-state index in [1.165, 1.54) is 11.6 Å². The fourth-order valence-corrected chi connectivity index (χ4v) is 4.21.